The van der Waals surface area contributed by atoms with E-state index < -0.39 is 0 Å². The van der Waals surface area contributed by atoms with Crippen LogP contribution in [0.1, 0.15) is 35.8 Å². The molecule has 2 amide bonds. The highest BCUT2D eigenvalue weighted by atomic mass is 35.5. The lowest BCUT2D eigenvalue weighted by molar-refractivity contribution is -0.123. The van der Waals surface area contributed by atoms with Crippen LogP contribution in [0.3, 0.4) is 0 Å². The molecule has 0 aliphatic carbocycles. The Morgan fingerprint density at radius 3 is 2.59 bits per heavy atom. The van der Waals surface area contributed by atoms with Crippen LogP contribution >= 0.6 is 34.7 Å². The number of carbonyl (C=O) groups excluding carboxylic acids is 2. The van der Waals surface area contributed by atoms with E-state index in [-0.39, 0.29) is 35.4 Å². The molecule has 2 aromatic carbocycles. The summed E-state index contributed by atoms with van der Waals surface area (Å²) in [5, 5.41) is 10.4. The minimum atomic E-state index is -0.249. The van der Waals surface area contributed by atoms with Crippen molar-refractivity contribution in [3.05, 3.63) is 87.8 Å². The predicted molar refractivity (Wildman–Crippen MR) is 153 cm³/mol. The quantitative estimate of drug-likeness (QED) is 0.308. The highest BCUT2D eigenvalue weighted by Crippen LogP contribution is 2.50. The number of benzene rings is 2. The zero-order chi connectivity index (χ0) is 26.1. The van der Waals surface area contributed by atoms with Crippen molar-refractivity contribution in [2.75, 3.05) is 17.2 Å². The van der Waals surface area contributed by atoms with Crippen LogP contribution in [-0.2, 0) is 9.59 Å². The molecule has 6 nitrogen and oxygen atoms in total. The van der Waals surface area contributed by atoms with Gasteiger partial charge in [0.2, 0.25) is 11.8 Å². The SMILES string of the molecule is Cc1ccccc1-n1nc(-c2cccs2)c2c1N(CC(=O)NC(C)C)C(=O)CSC2c1ccccc1Cl. The number of halogens is 1. The Morgan fingerprint density at radius 1 is 1.14 bits per heavy atom. The van der Waals surface area contributed by atoms with Crippen LogP contribution in [0.2, 0.25) is 5.02 Å². The molecule has 1 N–H and O–H groups in total. The molecule has 37 heavy (non-hydrogen) atoms. The van der Waals surface area contributed by atoms with Gasteiger partial charge in [0.25, 0.3) is 0 Å². The van der Waals surface area contributed by atoms with Gasteiger partial charge >= 0.3 is 0 Å². The number of hydrogen-bond donors (Lipinski definition) is 1. The summed E-state index contributed by atoms with van der Waals surface area (Å²) in [6.45, 7) is 5.73. The second-order valence-corrected chi connectivity index (χ2v) is 11.6. The Hall–Kier alpha value is -3.07. The first kappa shape index (κ1) is 25.6. The summed E-state index contributed by atoms with van der Waals surface area (Å²) in [7, 11) is 0. The van der Waals surface area contributed by atoms with E-state index >= 15 is 0 Å². The van der Waals surface area contributed by atoms with Crippen molar-refractivity contribution in [1.29, 1.82) is 0 Å². The number of nitrogens with one attached hydrogen (secondary N) is 1. The van der Waals surface area contributed by atoms with E-state index in [2.05, 4.69) is 5.32 Å². The molecule has 1 unspecified atom stereocenters. The van der Waals surface area contributed by atoms with Crippen LogP contribution in [0, 0.1) is 6.92 Å². The van der Waals surface area contributed by atoms with Crippen molar-refractivity contribution < 1.29 is 9.59 Å². The molecular weight excluding hydrogens is 524 g/mol. The largest absolute Gasteiger partial charge is 0.352 e. The van der Waals surface area contributed by atoms with E-state index in [1.54, 1.807) is 16.2 Å². The van der Waals surface area contributed by atoms with Gasteiger partial charge in [-0.1, -0.05) is 54.1 Å². The topological polar surface area (TPSA) is 67.2 Å². The van der Waals surface area contributed by atoms with Crippen LogP contribution in [-0.4, -0.2) is 39.9 Å². The van der Waals surface area contributed by atoms with Crippen LogP contribution in [0.15, 0.2) is 66.0 Å². The van der Waals surface area contributed by atoms with Crippen molar-refractivity contribution >= 4 is 52.3 Å². The molecule has 0 fully saturated rings. The highest BCUT2D eigenvalue weighted by Gasteiger charge is 2.38. The van der Waals surface area contributed by atoms with Gasteiger partial charge in [-0.25, -0.2) is 4.68 Å². The fraction of sp³-hybridized carbons (Fsp3) is 0.250. The molecule has 0 bridgehead atoms. The molecule has 0 spiro atoms. The Morgan fingerprint density at radius 2 is 1.89 bits per heavy atom. The number of nitrogens with zero attached hydrogens (tertiary/aromatic N) is 3. The summed E-state index contributed by atoms with van der Waals surface area (Å²) >= 11 is 9.83. The van der Waals surface area contributed by atoms with Gasteiger partial charge in [-0.05, 0) is 55.5 Å². The van der Waals surface area contributed by atoms with E-state index in [4.69, 9.17) is 16.7 Å². The van der Waals surface area contributed by atoms with Crippen LogP contribution in [0.4, 0.5) is 5.82 Å². The number of anilines is 1. The second-order valence-electron chi connectivity index (χ2n) is 9.18. The molecule has 9 heteroatoms. The molecule has 1 atom stereocenters. The fourth-order valence-electron chi connectivity index (χ4n) is 4.53. The minimum absolute atomic E-state index is 0.0396. The number of carbonyl (C=O) groups is 2. The van der Waals surface area contributed by atoms with E-state index in [1.165, 1.54) is 11.8 Å². The predicted octanol–water partition coefficient (Wildman–Crippen LogP) is 6.26. The lowest BCUT2D eigenvalue weighted by atomic mass is 10.0. The summed E-state index contributed by atoms with van der Waals surface area (Å²) in [5.74, 6) is 0.450. The third-order valence-corrected chi connectivity index (χ3v) is 8.58. The molecule has 5 rings (SSSR count). The van der Waals surface area contributed by atoms with Crippen LogP contribution < -0.4 is 10.2 Å². The third kappa shape index (κ3) is 5.06. The number of aryl methyl sites for hydroxylation is 1. The van der Waals surface area contributed by atoms with Gasteiger partial charge in [0.15, 0.2) is 0 Å². The Bertz CT molecular complexity index is 1450. The van der Waals surface area contributed by atoms with Crippen molar-refractivity contribution in [2.45, 2.75) is 32.1 Å². The lowest BCUT2D eigenvalue weighted by Crippen LogP contribution is -2.44. The third-order valence-electron chi connectivity index (χ3n) is 6.13. The molecule has 3 heterocycles. The number of hydrogen-bond acceptors (Lipinski definition) is 5. The van der Waals surface area contributed by atoms with E-state index in [1.807, 2.05) is 91.5 Å². The van der Waals surface area contributed by atoms with Gasteiger partial charge in [0, 0.05) is 16.6 Å². The molecule has 190 valence electrons. The van der Waals surface area contributed by atoms with Crippen molar-refractivity contribution in [3.63, 3.8) is 0 Å². The van der Waals surface area contributed by atoms with Crippen LogP contribution in [0.5, 0.6) is 0 Å². The summed E-state index contributed by atoms with van der Waals surface area (Å²) in [5.41, 5.74) is 4.45. The Labute approximate surface area is 229 Å². The van der Waals surface area contributed by atoms with Gasteiger partial charge in [-0.2, -0.15) is 5.10 Å². The van der Waals surface area contributed by atoms with E-state index in [0.29, 0.717) is 10.8 Å². The molecule has 0 radical (unpaired) electrons. The Balaban J connectivity index is 1.81. The smallest absolute Gasteiger partial charge is 0.240 e. The van der Waals surface area contributed by atoms with Gasteiger partial charge in [-0.15, -0.1) is 23.1 Å². The number of thioether (sulfide) groups is 1. The maximum Gasteiger partial charge on any atom is 0.240 e. The summed E-state index contributed by atoms with van der Waals surface area (Å²) in [6.07, 6.45) is 0. The average Bonchev–Trinajstić information content (AvgIpc) is 3.49. The van der Waals surface area contributed by atoms with Crippen LogP contribution in [0.25, 0.3) is 16.3 Å². The second kappa shape index (κ2) is 10.7. The summed E-state index contributed by atoms with van der Waals surface area (Å²) < 4.78 is 1.83. The standard InChI is InChI=1S/C28H27ClN4O2S2/c1-17(2)30-23(34)15-32-24(35)16-37-27(19-10-5-6-11-20(19)29)25-26(22-13-8-14-36-22)31-33(28(25)32)21-12-7-4-9-18(21)3/h4-14,17,27H,15-16H2,1-3H3,(H,30,34). The van der Waals surface area contributed by atoms with E-state index in [0.717, 1.165) is 32.9 Å². The van der Waals surface area contributed by atoms with E-state index in [9.17, 15) is 9.59 Å². The maximum atomic E-state index is 13.7. The number of amides is 2. The molecule has 1 aliphatic heterocycles. The molecule has 1 aliphatic rings. The number of rotatable bonds is 6. The monoisotopic (exact) mass is 550 g/mol. The van der Waals surface area contributed by atoms with Crippen molar-refractivity contribution in [1.82, 2.24) is 15.1 Å². The van der Waals surface area contributed by atoms with Gasteiger partial charge in [0.05, 0.1) is 21.6 Å². The van der Waals surface area contributed by atoms with Crippen molar-refractivity contribution in [3.8, 4) is 16.3 Å². The van der Waals surface area contributed by atoms with Gasteiger partial charge in [0.1, 0.15) is 18.1 Å². The summed E-state index contributed by atoms with van der Waals surface area (Å²) in [6, 6.07) is 19.6. The average molecular weight is 551 g/mol. The van der Waals surface area contributed by atoms with Crippen molar-refractivity contribution in [2.24, 2.45) is 0 Å². The van der Waals surface area contributed by atoms with Gasteiger partial charge in [-0.3, -0.25) is 14.5 Å². The highest BCUT2D eigenvalue weighted by molar-refractivity contribution is 8.00. The number of para-hydroxylation sites is 1. The maximum absolute atomic E-state index is 13.7. The first-order valence-electron chi connectivity index (χ1n) is 12.0. The lowest BCUT2D eigenvalue weighted by Gasteiger charge is -2.24. The molecule has 4 aromatic rings. The number of fused-ring (bicyclic) bond motifs is 1. The molecular formula is C28H27ClN4O2S2. The molecule has 0 saturated heterocycles. The first-order chi connectivity index (χ1) is 17.8. The number of thiophene rings is 1. The molecule has 0 saturated carbocycles. The minimum Gasteiger partial charge on any atom is -0.352 e. The fourth-order valence-corrected chi connectivity index (χ4v) is 6.79. The zero-order valence-corrected chi connectivity index (χ0v) is 23.2. The molecule has 2 aromatic heterocycles. The number of aromatic nitrogens is 2. The first-order valence-corrected chi connectivity index (χ1v) is 14.3. The Kier molecular flexibility index (Phi) is 7.42. The summed E-state index contributed by atoms with van der Waals surface area (Å²) in [4.78, 5) is 29.2. The van der Waals surface area contributed by atoms with Gasteiger partial charge < -0.3 is 5.32 Å². The zero-order valence-electron chi connectivity index (χ0n) is 20.8. The normalized spacial score (nSPS) is 15.5.